The lowest BCUT2D eigenvalue weighted by Gasteiger charge is -2.26. The normalized spacial score (nSPS) is 17.6. The highest BCUT2D eigenvalue weighted by molar-refractivity contribution is 6.52. The number of hydrogen-bond donors (Lipinski definition) is 3. The van der Waals surface area contributed by atoms with Crippen LogP contribution in [0.5, 0.6) is 5.75 Å². The molecule has 1 fully saturated rings. The zero-order valence-corrected chi connectivity index (χ0v) is 19.0. The van der Waals surface area contributed by atoms with Crippen molar-refractivity contribution in [2.75, 3.05) is 4.90 Å². The molecule has 1 aromatic heterocycles. The summed E-state index contributed by atoms with van der Waals surface area (Å²) < 4.78 is 0. The number of nitrogens with one attached hydrogen (secondary N) is 1. The molecule has 170 valence electrons. The molecule has 0 aliphatic carbocycles. The van der Waals surface area contributed by atoms with Gasteiger partial charge in [0, 0.05) is 28.4 Å². The molecule has 1 aliphatic rings. The van der Waals surface area contributed by atoms with Crippen LogP contribution in [0.2, 0.25) is 5.02 Å². The second-order valence-corrected chi connectivity index (χ2v) is 8.56. The molecule has 1 atom stereocenters. The number of amides is 1. The number of hydrogen-bond acceptors (Lipinski definition) is 4. The molecule has 0 saturated carbocycles. The molecule has 0 spiro atoms. The van der Waals surface area contributed by atoms with Gasteiger partial charge in [-0.1, -0.05) is 54.9 Å². The molecule has 5 rings (SSSR count). The third kappa shape index (κ3) is 3.43. The van der Waals surface area contributed by atoms with Crippen LogP contribution in [0.3, 0.4) is 0 Å². The van der Waals surface area contributed by atoms with E-state index in [1.54, 1.807) is 24.4 Å². The number of aliphatic hydroxyl groups excluding tert-OH is 1. The van der Waals surface area contributed by atoms with Gasteiger partial charge in [0.25, 0.3) is 11.7 Å². The highest BCUT2D eigenvalue weighted by atomic mass is 35.5. The molecule has 0 bridgehead atoms. The molecular weight excluding hydrogens is 452 g/mol. The minimum absolute atomic E-state index is 0.0453. The maximum Gasteiger partial charge on any atom is 0.300 e. The Morgan fingerprint density at radius 2 is 1.79 bits per heavy atom. The van der Waals surface area contributed by atoms with E-state index in [0.717, 1.165) is 22.9 Å². The fraction of sp³-hybridized carbons (Fsp3) is 0.111. The molecule has 1 amide bonds. The van der Waals surface area contributed by atoms with Crippen molar-refractivity contribution in [1.82, 2.24) is 4.98 Å². The van der Waals surface area contributed by atoms with E-state index in [4.69, 9.17) is 11.6 Å². The van der Waals surface area contributed by atoms with Gasteiger partial charge in [0.15, 0.2) is 0 Å². The van der Waals surface area contributed by atoms with Crippen molar-refractivity contribution in [1.29, 1.82) is 0 Å². The number of Topliss-reactive ketones (excluding diaryl/α,β-unsaturated/α-hetero) is 1. The van der Waals surface area contributed by atoms with Gasteiger partial charge in [-0.05, 0) is 47.9 Å². The second kappa shape index (κ2) is 8.39. The van der Waals surface area contributed by atoms with E-state index >= 15 is 0 Å². The van der Waals surface area contributed by atoms with Gasteiger partial charge in [0.1, 0.15) is 11.5 Å². The smallest absolute Gasteiger partial charge is 0.300 e. The predicted octanol–water partition coefficient (Wildman–Crippen LogP) is 5.72. The van der Waals surface area contributed by atoms with Gasteiger partial charge in [-0.3, -0.25) is 14.5 Å². The van der Waals surface area contributed by atoms with E-state index in [-0.39, 0.29) is 22.1 Å². The summed E-state index contributed by atoms with van der Waals surface area (Å²) in [5.74, 6) is -1.94. The van der Waals surface area contributed by atoms with Crippen molar-refractivity contribution >= 4 is 45.6 Å². The van der Waals surface area contributed by atoms with Crippen LogP contribution in [0.4, 0.5) is 5.69 Å². The predicted molar refractivity (Wildman–Crippen MR) is 132 cm³/mol. The number of nitrogens with zero attached hydrogens (tertiary/aromatic N) is 1. The van der Waals surface area contributed by atoms with Crippen LogP contribution in [-0.2, 0) is 16.0 Å². The Balaban J connectivity index is 1.75. The summed E-state index contributed by atoms with van der Waals surface area (Å²) in [5, 5.41) is 22.1. The number of H-pyrrole nitrogens is 1. The number of carbonyl (C=O) groups excluding carboxylic acids is 2. The van der Waals surface area contributed by atoms with Gasteiger partial charge in [-0.25, -0.2) is 0 Å². The van der Waals surface area contributed by atoms with E-state index in [9.17, 15) is 19.8 Å². The minimum Gasteiger partial charge on any atom is -0.507 e. The standard InChI is InChI=1S/C27H21ClN2O4/c1-2-15-7-10-17(11-8-15)30-24(16-9-12-22(31)20(28)13-16)23(26(33)27(30)34)25(32)19-14-29-21-6-4-3-5-18(19)21/h3-14,24,29,31-32H,2H2,1H3/b25-23-. The van der Waals surface area contributed by atoms with Gasteiger partial charge in [0.2, 0.25) is 0 Å². The van der Waals surface area contributed by atoms with Crippen LogP contribution in [0.15, 0.2) is 78.5 Å². The van der Waals surface area contributed by atoms with Crippen LogP contribution >= 0.6 is 11.6 Å². The van der Waals surface area contributed by atoms with Crippen LogP contribution in [0.25, 0.3) is 16.7 Å². The first-order valence-corrected chi connectivity index (χ1v) is 11.2. The summed E-state index contributed by atoms with van der Waals surface area (Å²) in [7, 11) is 0. The number of aromatic hydroxyl groups is 1. The summed E-state index contributed by atoms with van der Waals surface area (Å²) in [4.78, 5) is 31.1. The van der Waals surface area contributed by atoms with Crippen LogP contribution < -0.4 is 4.90 Å². The molecular formula is C27H21ClN2O4. The molecule has 0 radical (unpaired) electrons. The molecule has 2 heterocycles. The van der Waals surface area contributed by atoms with E-state index in [0.29, 0.717) is 16.8 Å². The lowest BCUT2D eigenvalue weighted by atomic mass is 9.95. The van der Waals surface area contributed by atoms with Crippen molar-refractivity contribution in [3.63, 3.8) is 0 Å². The van der Waals surface area contributed by atoms with Gasteiger partial charge in [-0.15, -0.1) is 0 Å². The van der Waals surface area contributed by atoms with Crippen LogP contribution in [0.1, 0.15) is 29.7 Å². The molecule has 4 aromatic rings. The third-order valence-corrected chi connectivity index (χ3v) is 6.50. The quantitative estimate of drug-likeness (QED) is 0.201. The fourth-order valence-corrected chi connectivity index (χ4v) is 4.60. The van der Waals surface area contributed by atoms with Crippen molar-refractivity contribution in [2.24, 2.45) is 0 Å². The number of ketones is 1. The first-order valence-electron chi connectivity index (χ1n) is 10.9. The number of benzene rings is 3. The second-order valence-electron chi connectivity index (χ2n) is 8.15. The first kappa shape index (κ1) is 21.8. The van der Waals surface area contributed by atoms with Crippen molar-refractivity contribution in [3.05, 3.63) is 100 Å². The molecule has 6 nitrogen and oxygen atoms in total. The summed E-state index contributed by atoms with van der Waals surface area (Å²) in [6.45, 7) is 2.03. The average molecular weight is 473 g/mol. The number of phenolic OH excluding ortho intramolecular Hbond substituents is 1. The number of halogens is 1. The zero-order chi connectivity index (χ0) is 24.0. The summed E-state index contributed by atoms with van der Waals surface area (Å²) >= 11 is 6.18. The Bertz CT molecular complexity index is 1470. The zero-order valence-electron chi connectivity index (χ0n) is 18.2. The van der Waals surface area contributed by atoms with Crippen molar-refractivity contribution in [3.8, 4) is 5.75 Å². The maximum atomic E-state index is 13.3. The number of aliphatic hydroxyl groups is 1. The number of para-hydroxylation sites is 1. The van der Waals surface area contributed by atoms with Crippen LogP contribution in [0, 0.1) is 0 Å². The number of phenols is 1. The van der Waals surface area contributed by atoms with Gasteiger partial charge in [0.05, 0.1) is 16.6 Å². The highest BCUT2D eigenvalue weighted by Crippen LogP contribution is 2.44. The van der Waals surface area contributed by atoms with Gasteiger partial charge in [-0.2, -0.15) is 0 Å². The Hall–Kier alpha value is -4.03. The fourth-order valence-electron chi connectivity index (χ4n) is 4.41. The average Bonchev–Trinajstić information content (AvgIpc) is 3.40. The summed E-state index contributed by atoms with van der Waals surface area (Å²) in [5.41, 5.74) is 3.26. The Morgan fingerprint density at radius 3 is 2.50 bits per heavy atom. The lowest BCUT2D eigenvalue weighted by molar-refractivity contribution is -0.132. The molecule has 1 aliphatic heterocycles. The minimum atomic E-state index is -0.931. The van der Waals surface area contributed by atoms with E-state index in [2.05, 4.69) is 4.98 Å². The Kier molecular flexibility index (Phi) is 5.38. The number of carbonyl (C=O) groups is 2. The Labute approximate surface area is 200 Å². The van der Waals surface area contributed by atoms with E-state index in [1.165, 1.54) is 17.0 Å². The molecule has 1 saturated heterocycles. The largest absolute Gasteiger partial charge is 0.507 e. The van der Waals surface area contributed by atoms with Gasteiger partial charge >= 0.3 is 0 Å². The lowest BCUT2D eigenvalue weighted by Crippen LogP contribution is -2.29. The third-order valence-electron chi connectivity index (χ3n) is 6.20. The maximum absolute atomic E-state index is 13.3. The number of aromatic amines is 1. The molecule has 34 heavy (non-hydrogen) atoms. The monoisotopic (exact) mass is 472 g/mol. The SMILES string of the molecule is CCc1ccc(N2C(=O)C(=O)/C(=C(\O)c3c[nH]c4ccccc34)C2c2ccc(O)c(Cl)c2)cc1. The topological polar surface area (TPSA) is 93.6 Å². The molecule has 3 aromatic carbocycles. The number of aromatic nitrogens is 1. The Morgan fingerprint density at radius 1 is 1.06 bits per heavy atom. The summed E-state index contributed by atoms with van der Waals surface area (Å²) in [6.07, 6.45) is 2.45. The van der Waals surface area contributed by atoms with E-state index in [1.807, 2.05) is 43.3 Å². The molecule has 3 N–H and O–H groups in total. The van der Waals surface area contributed by atoms with E-state index < -0.39 is 17.7 Å². The van der Waals surface area contributed by atoms with Gasteiger partial charge < -0.3 is 15.2 Å². The van der Waals surface area contributed by atoms with Crippen molar-refractivity contribution < 1.29 is 19.8 Å². The summed E-state index contributed by atoms with van der Waals surface area (Å²) in [6, 6.07) is 18.3. The van der Waals surface area contributed by atoms with Crippen LogP contribution in [-0.4, -0.2) is 26.9 Å². The van der Waals surface area contributed by atoms with Crippen molar-refractivity contribution in [2.45, 2.75) is 19.4 Å². The first-order chi connectivity index (χ1) is 16.4. The number of rotatable bonds is 4. The number of fused-ring (bicyclic) bond motifs is 1. The molecule has 1 unspecified atom stereocenters. The number of anilines is 1. The molecule has 7 heteroatoms. The highest BCUT2D eigenvalue weighted by Gasteiger charge is 2.47. The number of aryl methyl sites for hydroxylation is 1.